The molecule has 1 unspecified atom stereocenters. The Morgan fingerprint density at radius 2 is 2.11 bits per heavy atom. The average Bonchev–Trinajstić information content (AvgIpc) is 2.35. The lowest BCUT2D eigenvalue weighted by atomic mass is 10.1. The Morgan fingerprint density at radius 3 is 2.61 bits per heavy atom. The molecule has 0 saturated carbocycles. The number of hydrogen-bond donors (Lipinski definition) is 0. The highest BCUT2D eigenvalue weighted by Crippen LogP contribution is 2.18. The van der Waals surface area contributed by atoms with E-state index in [9.17, 15) is 14.9 Å². The summed E-state index contributed by atoms with van der Waals surface area (Å²) in [5.74, 6) is 0.0471. The molecule has 98 valence electrons. The van der Waals surface area contributed by atoms with Crippen LogP contribution in [0.4, 0.5) is 5.69 Å². The van der Waals surface area contributed by atoms with Gasteiger partial charge in [0.15, 0.2) is 0 Å². The highest BCUT2D eigenvalue weighted by atomic mass is 35.5. The van der Waals surface area contributed by atoms with Crippen molar-refractivity contribution in [3.8, 4) is 0 Å². The number of nitrogens with zero attached hydrogens (tertiary/aromatic N) is 2. The van der Waals surface area contributed by atoms with Gasteiger partial charge in [-0.2, -0.15) is 0 Å². The first-order valence-corrected chi connectivity index (χ1v) is 5.99. The van der Waals surface area contributed by atoms with Crippen LogP contribution in [0.2, 0.25) is 0 Å². The summed E-state index contributed by atoms with van der Waals surface area (Å²) in [5, 5.41) is 10.7. The van der Waals surface area contributed by atoms with Gasteiger partial charge in [0.25, 0.3) is 11.6 Å². The zero-order valence-electron chi connectivity index (χ0n) is 10.5. The Labute approximate surface area is 110 Å². The second-order valence-corrected chi connectivity index (χ2v) is 4.54. The number of carbonyl (C=O) groups is 1. The number of rotatable bonds is 4. The zero-order valence-corrected chi connectivity index (χ0v) is 11.3. The number of nitro groups is 1. The van der Waals surface area contributed by atoms with E-state index >= 15 is 0 Å². The van der Waals surface area contributed by atoms with Gasteiger partial charge in [0.05, 0.1) is 4.92 Å². The standard InChI is InChI=1S/C12H15ClN2O3/c1-8-4-10(6-11(5-8)15(17)18)12(16)14(3)9(2)7-13/h4-6,9H,7H2,1-3H3. The van der Waals surface area contributed by atoms with E-state index in [0.29, 0.717) is 17.0 Å². The van der Waals surface area contributed by atoms with Gasteiger partial charge < -0.3 is 4.90 Å². The molecule has 0 saturated heterocycles. The minimum absolute atomic E-state index is 0.0784. The van der Waals surface area contributed by atoms with Crippen molar-refractivity contribution >= 4 is 23.2 Å². The first-order valence-electron chi connectivity index (χ1n) is 5.46. The number of benzene rings is 1. The summed E-state index contributed by atoms with van der Waals surface area (Å²) < 4.78 is 0. The molecule has 0 aliphatic carbocycles. The third kappa shape index (κ3) is 3.20. The van der Waals surface area contributed by atoms with Gasteiger partial charge in [0.1, 0.15) is 0 Å². The van der Waals surface area contributed by atoms with Gasteiger partial charge in [-0.1, -0.05) is 0 Å². The molecule has 0 aromatic heterocycles. The fourth-order valence-corrected chi connectivity index (χ4v) is 1.71. The van der Waals surface area contributed by atoms with Crippen molar-refractivity contribution in [3.05, 3.63) is 39.4 Å². The molecule has 0 fully saturated rings. The largest absolute Gasteiger partial charge is 0.338 e. The van der Waals surface area contributed by atoms with Gasteiger partial charge in [0, 0.05) is 36.7 Å². The molecule has 6 heteroatoms. The number of non-ortho nitro benzene ring substituents is 1. The monoisotopic (exact) mass is 270 g/mol. The van der Waals surface area contributed by atoms with Crippen molar-refractivity contribution in [2.45, 2.75) is 19.9 Å². The Morgan fingerprint density at radius 1 is 1.50 bits per heavy atom. The Balaban J connectivity index is 3.09. The topological polar surface area (TPSA) is 63.5 Å². The maximum Gasteiger partial charge on any atom is 0.270 e. The Bertz CT molecular complexity index is 476. The second kappa shape index (κ2) is 5.82. The van der Waals surface area contributed by atoms with Crippen LogP contribution in [-0.2, 0) is 0 Å². The van der Waals surface area contributed by atoms with E-state index in [4.69, 9.17) is 11.6 Å². The third-order valence-electron chi connectivity index (χ3n) is 2.72. The summed E-state index contributed by atoms with van der Waals surface area (Å²) >= 11 is 5.69. The molecule has 1 aromatic carbocycles. The minimum Gasteiger partial charge on any atom is -0.338 e. The lowest BCUT2D eigenvalue weighted by Gasteiger charge is -2.23. The van der Waals surface area contributed by atoms with Crippen LogP contribution in [0, 0.1) is 17.0 Å². The molecule has 18 heavy (non-hydrogen) atoms. The van der Waals surface area contributed by atoms with Gasteiger partial charge in [-0.3, -0.25) is 14.9 Å². The third-order valence-corrected chi connectivity index (χ3v) is 3.17. The van der Waals surface area contributed by atoms with E-state index < -0.39 is 4.92 Å². The molecule has 0 spiro atoms. The average molecular weight is 271 g/mol. The van der Waals surface area contributed by atoms with E-state index in [2.05, 4.69) is 0 Å². The van der Waals surface area contributed by atoms with Gasteiger partial charge in [-0.05, 0) is 25.5 Å². The molecule has 0 radical (unpaired) electrons. The van der Waals surface area contributed by atoms with Crippen molar-refractivity contribution < 1.29 is 9.72 Å². The van der Waals surface area contributed by atoms with Crippen LogP contribution < -0.4 is 0 Å². The smallest absolute Gasteiger partial charge is 0.270 e. The van der Waals surface area contributed by atoms with Crippen molar-refractivity contribution in [2.75, 3.05) is 12.9 Å². The highest BCUT2D eigenvalue weighted by Gasteiger charge is 2.19. The molecule has 0 aliphatic heterocycles. The molecular weight excluding hydrogens is 256 g/mol. The van der Waals surface area contributed by atoms with Crippen LogP contribution in [0.5, 0.6) is 0 Å². The van der Waals surface area contributed by atoms with E-state index in [0.717, 1.165) is 0 Å². The number of hydrogen-bond acceptors (Lipinski definition) is 3. The van der Waals surface area contributed by atoms with Crippen LogP contribution in [0.1, 0.15) is 22.8 Å². The Kier molecular flexibility index (Phi) is 4.67. The van der Waals surface area contributed by atoms with Gasteiger partial charge in [-0.15, -0.1) is 11.6 Å². The van der Waals surface area contributed by atoms with Crippen molar-refractivity contribution in [2.24, 2.45) is 0 Å². The molecule has 1 amide bonds. The summed E-state index contributed by atoms with van der Waals surface area (Å²) in [6.07, 6.45) is 0. The van der Waals surface area contributed by atoms with Crippen LogP contribution in [-0.4, -0.2) is 34.7 Å². The van der Waals surface area contributed by atoms with E-state index in [-0.39, 0.29) is 17.6 Å². The number of halogens is 1. The van der Waals surface area contributed by atoms with Crippen molar-refractivity contribution in [3.63, 3.8) is 0 Å². The van der Waals surface area contributed by atoms with Crippen molar-refractivity contribution in [1.29, 1.82) is 0 Å². The molecule has 0 heterocycles. The Hall–Kier alpha value is -1.62. The highest BCUT2D eigenvalue weighted by molar-refractivity contribution is 6.18. The van der Waals surface area contributed by atoms with Crippen LogP contribution >= 0.6 is 11.6 Å². The van der Waals surface area contributed by atoms with Crippen molar-refractivity contribution in [1.82, 2.24) is 4.90 Å². The SMILES string of the molecule is Cc1cc(C(=O)N(C)C(C)CCl)cc([N+](=O)[O-])c1. The molecule has 1 aromatic rings. The number of alkyl halides is 1. The molecule has 0 N–H and O–H groups in total. The van der Waals surface area contributed by atoms with Gasteiger partial charge >= 0.3 is 0 Å². The lowest BCUT2D eigenvalue weighted by Crippen LogP contribution is -2.36. The van der Waals surface area contributed by atoms with Crippen LogP contribution in [0.3, 0.4) is 0 Å². The first-order chi connectivity index (χ1) is 8.36. The van der Waals surface area contributed by atoms with E-state index in [1.165, 1.54) is 17.0 Å². The normalized spacial score (nSPS) is 12.0. The maximum atomic E-state index is 12.1. The predicted molar refractivity (Wildman–Crippen MR) is 70.1 cm³/mol. The maximum absolute atomic E-state index is 12.1. The molecule has 1 rings (SSSR count). The predicted octanol–water partition coefficient (Wildman–Crippen LogP) is 2.60. The lowest BCUT2D eigenvalue weighted by molar-refractivity contribution is -0.384. The summed E-state index contributed by atoms with van der Waals surface area (Å²) in [6.45, 7) is 3.53. The van der Waals surface area contributed by atoms with Crippen LogP contribution in [0.15, 0.2) is 18.2 Å². The second-order valence-electron chi connectivity index (χ2n) is 4.23. The van der Waals surface area contributed by atoms with Gasteiger partial charge in [-0.25, -0.2) is 0 Å². The molecule has 5 nitrogen and oxygen atoms in total. The molecule has 0 bridgehead atoms. The minimum atomic E-state index is -0.505. The number of amides is 1. The van der Waals surface area contributed by atoms with Crippen LogP contribution in [0.25, 0.3) is 0 Å². The number of carbonyl (C=O) groups excluding carboxylic acids is 1. The fraction of sp³-hybridized carbons (Fsp3) is 0.417. The number of aryl methyl sites for hydroxylation is 1. The molecular formula is C12H15ClN2O3. The molecule has 0 aliphatic rings. The first kappa shape index (κ1) is 14.4. The summed E-state index contributed by atoms with van der Waals surface area (Å²) in [6, 6.07) is 4.22. The zero-order chi connectivity index (χ0) is 13.9. The van der Waals surface area contributed by atoms with Gasteiger partial charge in [0.2, 0.25) is 0 Å². The number of nitro benzene ring substituents is 1. The quantitative estimate of drug-likeness (QED) is 0.480. The summed E-state index contributed by atoms with van der Waals surface area (Å²) in [4.78, 5) is 23.8. The molecule has 1 atom stereocenters. The summed E-state index contributed by atoms with van der Waals surface area (Å²) in [7, 11) is 1.63. The van der Waals surface area contributed by atoms with E-state index in [1.54, 1.807) is 20.0 Å². The summed E-state index contributed by atoms with van der Waals surface area (Å²) in [5.41, 5.74) is 0.908. The van der Waals surface area contributed by atoms with E-state index in [1.807, 2.05) is 6.92 Å². The fourth-order valence-electron chi connectivity index (χ4n) is 1.50.